The average molecular weight is 675 g/mol. The Bertz CT molecular complexity index is 3850. The van der Waals surface area contributed by atoms with Crippen molar-refractivity contribution in [2.45, 2.75) is 0 Å². The summed E-state index contributed by atoms with van der Waals surface area (Å²) in [4.78, 5) is 4.94. The van der Waals surface area contributed by atoms with Crippen molar-refractivity contribution in [3.8, 4) is 45.0 Å². The van der Waals surface area contributed by atoms with Crippen LogP contribution in [0, 0.1) is 0 Å². The van der Waals surface area contributed by atoms with Gasteiger partial charge >= 0.3 is 0 Å². The Morgan fingerprint density at radius 1 is 0.423 bits per heavy atom. The molecule has 0 atom stereocenters. The molecular weight excluding hydrogens is 631 g/mol. The Balaban J connectivity index is 1.31. The number of rotatable bonds is 5. The van der Waals surface area contributed by atoms with Gasteiger partial charge in [-0.25, -0.2) is 4.98 Å². The highest BCUT2D eigenvalue weighted by atomic mass is 15.1. The summed E-state index contributed by atoms with van der Waals surface area (Å²) in [6.07, 6.45) is 0. The van der Waals surface area contributed by atoms with E-state index in [1.807, 2.05) is 72.8 Å². The molecule has 0 aliphatic rings. The third-order valence-corrected chi connectivity index (χ3v) is 9.78. The number of benzene rings is 9. The molecule has 0 aliphatic heterocycles. The maximum Gasteiger partial charge on any atom is 0.146 e. The second-order valence-electron chi connectivity index (χ2n) is 12.6. The Morgan fingerprint density at radius 2 is 1.13 bits per heavy atom. The van der Waals surface area contributed by atoms with E-state index in [2.05, 4.69) is 41.0 Å². The van der Waals surface area contributed by atoms with Crippen LogP contribution in [-0.2, 0) is 0 Å². The van der Waals surface area contributed by atoms with Crippen LogP contribution in [0.1, 0.15) is 17.8 Å². The summed E-state index contributed by atoms with van der Waals surface area (Å²) < 4.78 is 119. The molecule has 11 rings (SSSR count). The maximum atomic E-state index is 9.72. The maximum absolute atomic E-state index is 9.72. The first kappa shape index (κ1) is 18.9. The second-order valence-corrected chi connectivity index (χ2v) is 12.6. The fraction of sp³-hybridized carbons (Fsp3) is 0. The summed E-state index contributed by atoms with van der Waals surface area (Å²) >= 11 is 0. The molecule has 0 radical (unpaired) electrons. The van der Waals surface area contributed by atoms with Gasteiger partial charge in [0, 0.05) is 33.1 Å². The topological polar surface area (TPSA) is 22.8 Å². The molecule has 2 aromatic heterocycles. The first-order valence-electron chi connectivity index (χ1n) is 23.3. The fourth-order valence-electron chi connectivity index (χ4n) is 7.66. The molecular formula is C49H31N3. The van der Waals surface area contributed by atoms with Gasteiger partial charge < -0.3 is 4.57 Å². The second kappa shape index (κ2) is 11.3. The van der Waals surface area contributed by atoms with E-state index in [1.54, 1.807) is 0 Å². The number of imidazole rings is 1. The number of hydrogen-bond donors (Lipinski definition) is 0. The van der Waals surface area contributed by atoms with E-state index in [-0.39, 0.29) is 16.9 Å². The Kier molecular flexibility index (Phi) is 4.09. The molecule has 0 N–H and O–H groups in total. The highest BCUT2D eigenvalue weighted by Gasteiger charge is 2.25. The summed E-state index contributed by atoms with van der Waals surface area (Å²) in [5.74, 6) is -0.00352. The zero-order chi connectivity index (χ0) is 45.5. The molecule has 11 aromatic rings. The van der Waals surface area contributed by atoms with Gasteiger partial charge in [-0.05, 0) is 92.9 Å². The van der Waals surface area contributed by atoms with Gasteiger partial charge in [-0.1, -0.05) is 133 Å². The fourth-order valence-corrected chi connectivity index (χ4v) is 7.66. The predicted molar refractivity (Wildman–Crippen MR) is 218 cm³/mol. The highest BCUT2D eigenvalue weighted by molar-refractivity contribution is 6.36. The van der Waals surface area contributed by atoms with Crippen LogP contribution in [0.4, 0.5) is 0 Å². The van der Waals surface area contributed by atoms with Crippen molar-refractivity contribution in [1.29, 1.82) is 0 Å². The largest absolute Gasteiger partial charge is 0.309 e. The van der Waals surface area contributed by atoms with Crippen LogP contribution in [0.25, 0.3) is 99.4 Å². The molecule has 3 nitrogen and oxygen atoms in total. The van der Waals surface area contributed by atoms with Crippen molar-refractivity contribution in [3.05, 3.63) is 188 Å². The minimum absolute atomic E-state index is 0.00352. The molecule has 2 heterocycles. The van der Waals surface area contributed by atoms with Crippen LogP contribution in [-0.4, -0.2) is 14.1 Å². The van der Waals surface area contributed by atoms with E-state index in [9.17, 15) is 4.11 Å². The van der Waals surface area contributed by atoms with E-state index in [0.29, 0.717) is 10.9 Å². The minimum atomic E-state index is -0.737. The van der Waals surface area contributed by atoms with E-state index >= 15 is 0 Å². The van der Waals surface area contributed by atoms with Crippen molar-refractivity contribution in [2.75, 3.05) is 0 Å². The van der Waals surface area contributed by atoms with E-state index in [4.69, 9.17) is 18.7 Å². The van der Waals surface area contributed by atoms with Crippen molar-refractivity contribution < 1.29 is 17.8 Å². The van der Waals surface area contributed by atoms with E-state index in [1.165, 1.54) is 4.57 Å². The van der Waals surface area contributed by atoms with Crippen molar-refractivity contribution in [3.63, 3.8) is 0 Å². The van der Waals surface area contributed by atoms with Gasteiger partial charge in [0.05, 0.1) is 39.9 Å². The van der Waals surface area contributed by atoms with Crippen molar-refractivity contribution in [1.82, 2.24) is 14.1 Å². The van der Waals surface area contributed by atoms with Gasteiger partial charge in [0.1, 0.15) is 5.82 Å². The van der Waals surface area contributed by atoms with Gasteiger partial charge in [0.15, 0.2) is 0 Å². The molecule has 3 heteroatoms. The monoisotopic (exact) mass is 674 g/mol. The Hall–Kier alpha value is -6.97. The number of nitrogens with zero attached hydrogens (tertiary/aromatic N) is 3. The minimum Gasteiger partial charge on any atom is -0.309 e. The van der Waals surface area contributed by atoms with Crippen LogP contribution in [0.3, 0.4) is 0 Å². The molecule has 0 amide bonds. The summed E-state index contributed by atoms with van der Waals surface area (Å²) in [5, 5.41) is 5.16. The molecule has 9 aromatic carbocycles. The third-order valence-electron chi connectivity index (χ3n) is 9.78. The van der Waals surface area contributed by atoms with Crippen molar-refractivity contribution in [2.24, 2.45) is 0 Å². The van der Waals surface area contributed by atoms with Gasteiger partial charge in [0.2, 0.25) is 0 Å². The van der Waals surface area contributed by atoms with Gasteiger partial charge in [-0.15, -0.1) is 0 Å². The van der Waals surface area contributed by atoms with Crippen LogP contribution in [0.5, 0.6) is 0 Å². The lowest BCUT2D eigenvalue weighted by Gasteiger charge is -2.15. The van der Waals surface area contributed by atoms with Crippen LogP contribution >= 0.6 is 0 Å². The number of para-hydroxylation sites is 2. The van der Waals surface area contributed by atoms with Gasteiger partial charge in [-0.2, -0.15) is 0 Å². The zero-order valence-electron chi connectivity index (χ0n) is 40.2. The molecule has 0 fully saturated rings. The first-order chi connectivity index (χ1) is 31.2. The molecule has 52 heavy (non-hydrogen) atoms. The third kappa shape index (κ3) is 4.23. The molecule has 0 unspecified atom stereocenters. The normalized spacial score (nSPS) is 15.3. The van der Waals surface area contributed by atoms with Crippen LogP contribution in [0.2, 0.25) is 0 Å². The number of aromatic nitrogens is 3. The summed E-state index contributed by atoms with van der Waals surface area (Å²) in [5.41, 5.74) is 3.30. The summed E-state index contributed by atoms with van der Waals surface area (Å²) in [6.45, 7) is 0. The van der Waals surface area contributed by atoms with Gasteiger partial charge in [-0.3, -0.25) is 4.57 Å². The molecule has 0 bridgehead atoms. The Labute approximate surface area is 318 Å². The van der Waals surface area contributed by atoms with E-state index < -0.39 is 95.4 Å². The predicted octanol–water partition coefficient (Wildman–Crippen LogP) is 12.9. The standard InChI is InChI=1S/C49H31N3/c1-3-14-32(15-4-1)34-18-11-20-36(30-34)51-44-27-13-24-40-38-22-7-8-23-39(38)46-41(28-29-45(51)48(46)47(40)44)49-50-42-25-9-10-26-43(42)52(49)37-21-12-19-35(31-37)33-16-5-2-6-17-33/h1-31H/i2D,5D,6D,9D,10D,12D,16D,17D,19D,21D,25D,26D,31D. The zero-order valence-corrected chi connectivity index (χ0v) is 27.2. The summed E-state index contributed by atoms with van der Waals surface area (Å²) in [7, 11) is 0. The molecule has 0 aliphatic carbocycles. The lowest BCUT2D eigenvalue weighted by molar-refractivity contribution is 1.11. The molecule has 0 spiro atoms. The number of fused-ring (bicyclic) bond motifs is 4. The lowest BCUT2D eigenvalue weighted by Crippen LogP contribution is -1.99. The molecule has 0 saturated carbocycles. The Morgan fingerprint density at radius 3 is 2.04 bits per heavy atom. The quantitative estimate of drug-likeness (QED) is 0.167. The summed E-state index contributed by atoms with van der Waals surface area (Å²) in [6, 6.07) is 27.5. The average Bonchev–Trinajstić information content (AvgIpc) is 3.89. The molecule has 242 valence electrons. The van der Waals surface area contributed by atoms with Gasteiger partial charge in [0.25, 0.3) is 0 Å². The SMILES string of the molecule is [2H]c1c([2H])c([2H])c(-c2c([2H])c([2H])c([2H])c(-n3c(-c4ccc5c6c4c4ccccc4c4cccc(c46)n5-c4cccc(-c5ccccc5)c4)nc4c([2H])c([2H])c([2H])c([2H])c43)c2[2H])c([2H])c1[2H]. The molecule has 0 saturated heterocycles. The van der Waals surface area contributed by atoms with Crippen LogP contribution in [0.15, 0.2) is 188 Å². The van der Waals surface area contributed by atoms with Crippen molar-refractivity contribution >= 4 is 54.4 Å². The highest BCUT2D eigenvalue weighted by Crippen LogP contribution is 2.47. The van der Waals surface area contributed by atoms with Crippen LogP contribution < -0.4 is 0 Å². The van der Waals surface area contributed by atoms with E-state index in [0.717, 1.165) is 54.8 Å². The number of hydrogen-bond acceptors (Lipinski definition) is 1. The lowest BCUT2D eigenvalue weighted by atomic mass is 9.91. The first-order valence-corrected chi connectivity index (χ1v) is 16.8. The smallest absolute Gasteiger partial charge is 0.146 e.